The zero-order chi connectivity index (χ0) is 6.15. The monoisotopic (exact) mass is 114 g/mol. The van der Waals surface area contributed by atoms with E-state index in [0.717, 1.165) is 0 Å². The summed E-state index contributed by atoms with van der Waals surface area (Å²) in [6.45, 7) is 0. The van der Waals surface area contributed by atoms with E-state index in [9.17, 15) is 0 Å². The molecule has 0 amide bonds. The van der Waals surface area contributed by atoms with E-state index in [0.29, 0.717) is 0 Å². The second-order valence-corrected chi connectivity index (χ2v) is 1.57. The highest BCUT2D eigenvalue weighted by molar-refractivity contribution is 5.28. The van der Waals surface area contributed by atoms with E-state index in [1.165, 1.54) is 12.2 Å². The van der Waals surface area contributed by atoms with Crippen molar-refractivity contribution in [3.05, 3.63) is 23.7 Å². The molecule has 0 spiro atoms. The first-order valence-corrected chi connectivity index (χ1v) is 2.20. The standard InChI is InChI=1S/C5H6O3/c6-3-1-2-4(7)5(3)8/h1-3,6-8H. The first kappa shape index (κ1) is 5.18. The third-order valence-corrected chi connectivity index (χ3v) is 0.979. The molecule has 3 heteroatoms. The van der Waals surface area contributed by atoms with Crippen LogP contribution < -0.4 is 0 Å². The first-order valence-electron chi connectivity index (χ1n) is 2.20. The second kappa shape index (κ2) is 1.52. The predicted molar refractivity (Wildman–Crippen MR) is 27.4 cm³/mol. The normalized spacial score (nSPS) is 27.4. The van der Waals surface area contributed by atoms with Gasteiger partial charge < -0.3 is 15.3 Å². The van der Waals surface area contributed by atoms with Crippen molar-refractivity contribution in [2.45, 2.75) is 6.10 Å². The molecular weight excluding hydrogens is 108 g/mol. The summed E-state index contributed by atoms with van der Waals surface area (Å²) in [6, 6.07) is 0. The van der Waals surface area contributed by atoms with Crippen LogP contribution in [0.3, 0.4) is 0 Å². The second-order valence-electron chi connectivity index (χ2n) is 1.57. The SMILES string of the molecule is OC1=C(O)C(O)C=C1. The molecule has 0 saturated heterocycles. The van der Waals surface area contributed by atoms with Crippen LogP contribution in [0.5, 0.6) is 0 Å². The molecular formula is C5H6O3. The fourth-order valence-corrected chi connectivity index (χ4v) is 0.510. The van der Waals surface area contributed by atoms with Crippen LogP contribution in [0.25, 0.3) is 0 Å². The van der Waals surface area contributed by atoms with Crippen molar-refractivity contribution in [3.63, 3.8) is 0 Å². The van der Waals surface area contributed by atoms with Crippen molar-refractivity contribution in [3.8, 4) is 0 Å². The van der Waals surface area contributed by atoms with Crippen LogP contribution in [0.2, 0.25) is 0 Å². The highest BCUT2D eigenvalue weighted by Crippen LogP contribution is 2.13. The minimum absolute atomic E-state index is 0.252. The molecule has 0 aromatic heterocycles. The summed E-state index contributed by atoms with van der Waals surface area (Å²) in [5.74, 6) is -0.623. The predicted octanol–water partition coefficient (Wildman–Crippen LogP) is 0.245. The Morgan fingerprint density at radius 3 is 2.12 bits per heavy atom. The Morgan fingerprint density at radius 2 is 2.00 bits per heavy atom. The van der Waals surface area contributed by atoms with Gasteiger partial charge in [-0.25, -0.2) is 0 Å². The number of rotatable bonds is 0. The van der Waals surface area contributed by atoms with Gasteiger partial charge in [0.2, 0.25) is 0 Å². The Bertz CT molecular complexity index is 157. The number of aliphatic hydroxyl groups is 3. The smallest absolute Gasteiger partial charge is 0.167 e. The molecule has 3 N–H and O–H groups in total. The fraction of sp³-hybridized carbons (Fsp3) is 0.200. The van der Waals surface area contributed by atoms with Gasteiger partial charge in [-0.05, 0) is 12.2 Å². The van der Waals surface area contributed by atoms with E-state index in [1.54, 1.807) is 0 Å². The van der Waals surface area contributed by atoms with E-state index in [4.69, 9.17) is 15.3 Å². The molecule has 1 aliphatic carbocycles. The van der Waals surface area contributed by atoms with Crippen LogP contribution in [-0.2, 0) is 0 Å². The largest absolute Gasteiger partial charge is 0.506 e. The van der Waals surface area contributed by atoms with E-state index < -0.39 is 6.10 Å². The van der Waals surface area contributed by atoms with Crippen molar-refractivity contribution < 1.29 is 15.3 Å². The molecule has 0 aromatic rings. The summed E-state index contributed by atoms with van der Waals surface area (Å²) in [6.07, 6.45) is 1.54. The molecule has 8 heavy (non-hydrogen) atoms. The maximum Gasteiger partial charge on any atom is 0.167 e. The third-order valence-electron chi connectivity index (χ3n) is 0.979. The number of aliphatic hydroxyl groups excluding tert-OH is 3. The van der Waals surface area contributed by atoms with Gasteiger partial charge in [0.15, 0.2) is 11.5 Å². The van der Waals surface area contributed by atoms with E-state index in [-0.39, 0.29) is 11.5 Å². The molecule has 1 rings (SSSR count). The lowest BCUT2D eigenvalue weighted by molar-refractivity contribution is 0.186. The van der Waals surface area contributed by atoms with E-state index in [2.05, 4.69) is 0 Å². The third kappa shape index (κ3) is 0.567. The van der Waals surface area contributed by atoms with Crippen molar-refractivity contribution in [1.82, 2.24) is 0 Å². The molecule has 0 aliphatic heterocycles. The molecule has 0 radical (unpaired) electrons. The van der Waals surface area contributed by atoms with Crippen LogP contribution in [-0.4, -0.2) is 21.4 Å². The zero-order valence-corrected chi connectivity index (χ0v) is 4.07. The van der Waals surface area contributed by atoms with Gasteiger partial charge in [0, 0.05) is 0 Å². The lowest BCUT2D eigenvalue weighted by atomic mass is 10.4. The molecule has 44 valence electrons. The Hall–Kier alpha value is -0.960. The van der Waals surface area contributed by atoms with E-state index >= 15 is 0 Å². The zero-order valence-electron chi connectivity index (χ0n) is 4.07. The molecule has 0 bridgehead atoms. The highest BCUT2D eigenvalue weighted by atomic mass is 16.3. The van der Waals surface area contributed by atoms with Gasteiger partial charge in [0.05, 0.1) is 0 Å². The Morgan fingerprint density at radius 1 is 1.38 bits per heavy atom. The maximum atomic E-state index is 8.61. The summed E-state index contributed by atoms with van der Waals surface area (Å²) in [5.41, 5.74) is 0. The van der Waals surface area contributed by atoms with Crippen LogP contribution in [0.15, 0.2) is 23.7 Å². The van der Waals surface area contributed by atoms with Crippen molar-refractivity contribution in [2.75, 3.05) is 0 Å². The van der Waals surface area contributed by atoms with Gasteiger partial charge in [-0.3, -0.25) is 0 Å². The molecule has 1 aliphatic rings. The lowest BCUT2D eigenvalue weighted by Crippen LogP contribution is -2.02. The Labute approximate surface area is 46.2 Å². The van der Waals surface area contributed by atoms with Gasteiger partial charge in [-0.1, -0.05) is 0 Å². The first-order chi connectivity index (χ1) is 3.72. The quantitative estimate of drug-likeness (QED) is 0.423. The minimum atomic E-state index is -1.00. The average molecular weight is 114 g/mol. The minimum Gasteiger partial charge on any atom is -0.506 e. The Balaban J connectivity index is 2.85. The van der Waals surface area contributed by atoms with Crippen molar-refractivity contribution >= 4 is 0 Å². The Kier molecular flexibility index (Phi) is 0.986. The summed E-state index contributed by atoms with van der Waals surface area (Å²) in [5, 5.41) is 25.7. The van der Waals surface area contributed by atoms with Crippen LogP contribution in [0, 0.1) is 0 Å². The topological polar surface area (TPSA) is 60.7 Å². The molecule has 0 heterocycles. The number of hydrogen-bond acceptors (Lipinski definition) is 3. The summed E-state index contributed by atoms with van der Waals surface area (Å²) < 4.78 is 0. The lowest BCUT2D eigenvalue weighted by Gasteiger charge is -1.96. The van der Waals surface area contributed by atoms with E-state index in [1.807, 2.05) is 0 Å². The van der Waals surface area contributed by atoms with Gasteiger partial charge in [0.25, 0.3) is 0 Å². The molecule has 0 aromatic carbocycles. The molecule has 3 nitrogen and oxygen atoms in total. The summed E-state index contributed by atoms with van der Waals surface area (Å²) in [4.78, 5) is 0. The van der Waals surface area contributed by atoms with Gasteiger partial charge in [0.1, 0.15) is 6.10 Å². The van der Waals surface area contributed by atoms with Crippen LogP contribution >= 0.6 is 0 Å². The summed E-state index contributed by atoms with van der Waals surface area (Å²) >= 11 is 0. The fourth-order valence-electron chi connectivity index (χ4n) is 0.510. The van der Waals surface area contributed by atoms with Gasteiger partial charge in [-0.15, -0.1) is 0 Å². The highest BCUT2D eigenvalue weighted by Gasteiger charge is 2.15. The maximum absolute atomic E-state index is 8.61. The molecule has 0 saturated carbocycles. The summed E-state index contributed by atoms with van der Waals surface area (Å²) in [7, 11) is 0. The number of hydrogen-bond donors (Lipinski definition) is 3. The average Bonchev–Trinajstić information content (AvgIpc) is 1.98. The van der Waals surface area contributed by atoms with Crippen molar-refractivity contribution in [2.24, 2.45) is 0 Å². The van der Waals surface area contributed by atoms with Crippen molar-refractivity contribution in [1.29, 1.82) is 0 Å². The van der Waals surface area contributed by atoms with Crippen LogP contribution in [0.4, 0.5) is 0 Å². The molecule has 1 atom stereocenters. The van der Waals surface area contributed by atoms with Gasteiger partial charge in [-0.2, -0.15) is 0 Å². The number of allylic oxidation sites excluding steroid dienone is 1. The molecule has 1 unspecified atom stereocenters. The molecule has 0 fully saturated rings. The van der Waals surface area contributed by atoms with Gasteiger partial charge >= 0.3 is 0 Å². The van der Waals surface area contributed by atoms with Crippen LogP contribution in [0.1, 0.15) is 0 Å².